The van der Waals surface area contributed by atoms with Crippen molar-refractivity contribution in [3.63, 3.8) is 0 Å². The molecule has 0 atom stereocenters. The predicted molar refractivity (Wildman–Crippen MR) is 80.4 cm³/mol. The Hall–Kier alpha value is -2.15. The van der Waals surface area contributed by atoms with E-state index in [9.17, 15) is 14.9 Å². The Morgan fingerprint density at radius 3 is 2.76 bits per heavy atom. The maximum absolute atomic E-state index is 11.1. The first kappa shape index (κ1) is 16.9. The molecule has 21 heavy (non-hydrogen) atoms. The van der Waals surface area contributed by atoms with Gasteiger partial charge in [-0.25, -0.2) is 0 Å². The second-order valence-electron chi connectivity index (χ2n) is 5.10. The molecule has 1 aromatic carbocycles. The second-order valence-corrected chi connectivity index (χ2v) is 5.10. The van der Waals surface area contributed by atoms with Crippen LogP contribution in [0.4, 0.5) is 11.4 Å². The van der Waals surface area contributed by atoms with Crippen LogP contribution in [0.25, 0.3) is 0 Å². The molecule has 0 saturated carbocycles. The Labute approximate surface area is 123 Å². The van der Waals surface area contributed by atoms with Crippen molar-refractivity contribution in [3.05, 3.63) is 33.9 Å². The zero-order chi connectivity index (χ0) is 15.8. The summed E-state index contributed by atoms with van der Waals surface area (Å²) in [6, 6.07) is 4.02. The number of carbonyl (C=O) groups excluding carboxylic acids is 1. The molecule has 0 aromatic heterocycles. The van der Waals surface area contributed by atoms with Crippen molar-refractivity contribution in [3.8, 4) is 0 Å². The molecule has 0 saturated heterocycles. The van der Waals surface area contributed by atoms with Crippen molar-refractivity contribution in [1.29, 1.82) is 0 Å². The van der Waals surface area contributed by atoms with E-state index in [2.05, 4.69) is 19.2 Å². The van der Waals surface area contributed by atoms with Gasteiger partial charge in [-0.1, -0.05) is 13.8 Å². The molecule has 1 rings (SSSR count). The van der Waals surface area contributed by atoms with Crippen molar-refractivity contribution in [2.45, 2.75) is 20.3 Å². The number of nitrogens with two attached hydrogens (primary N) is 1. The predicted octanol–water partition coefficient (Wildman–Crippen LogP) is 2.17. The number of primary amides is 1. The van der Waals surface area contributed by atoms with Crippen LogP contribution in [0, 0.1) is 16.0 Å². The number of benzene rings is 1. The molecule has 1 aromatic rings. The Morgan fingerprint density at radius 1 is 1.48 bits per heavy atom. The van der Waals surface area contributed by atoms with E-state index in [1.54, 1.807) is 0 Å². The fourth-order valence-corrected chi connectivity index (χ4v) is 1.71. The molecule has 1 amide bonds. The zero-order valence-corrected chi connectivity index (χ0v) is 12.3. The van der Waals surface area contributed by atoms with Crippen LogP contribution in [0.15, 0.2) is 18.2 Å². The molecular weight excluding hydrogens is 274 g/mol. The average molecular weight is 295 g/mol. The number of ether oxygens (including phenoxy) is 1. The first-order chi connectivity index (χ1) is 9.91. The van der Waals surface area contributed by atoms with E-state index in [1.807, 2.05) is 0 Å². The summed E-state index contributed by atoms with van der Waals surface area (Å²) < 4.78 is 5.42. The summed E-state index contributed by atoms with van der Waals surface area (Å²) in [6.07, 6.45) is 0.713. The molecule has 7 nitrogen and oxygen atoms in total. The third kappa shape index (κ3) is 5.78. The van der Waals surface area contributed by atoms with E-state index in [-0.39, 0.29) is 11.3 Å². The van der Waals surface area contributed by atoms with Crippen LogP contribution in [0.3, 0.4) is 0 Å². The number of nitrogens with zero attached hydrogens (tertiary/aromatic N) is 1. The Morgan fingerprint density at radius 2 is 2.19 bits per heavy atom. The number of rotatable bonds is 9. The van der Waals surface area contributed by atoms with Crippen molar-refractivity contribution in [2.75, 3.05) is 25.1 Å². The van der Waals surface area contributed by atoms with E-state index >= 15 is 0 Å². The smallest absolute Gasteiger partial charge is 0.292 e. The van der Waals surface area contributed by atoms with E-state index < -0.39 is 10.8 Å². The number of amides is 1. The van der Waals surface area contributed by atoms with Crippen LogP contribution in [-0.4, -0.2) is 30.6 Å². The van der Waals surface area contributed by atoms with Gasteiger partial charge in [0.15, 0.2) is 0 Å². The lowest BCUT2D eigenvalue weighted by molar-refractivity contribution is -0.384. The molecule has 0 fully saturated rings. The summed E-state index contributed by atoms with van der Waals surface area (Å²) in [6.45, 7) is 5.92. The van der Waals surface area contributed by atoms with Crippen LogP contribution in [-0.2, 0) is 4.74 Å². The van der Waals surface area contributed by atoms with Crippen LogP contribution < -0.4 is 11.1 Å². The summed E-state index contributed by atoms with van der Waals surface area (Å²) in [5.41, 5.74) is 5.62. The number of nitro benzene ring substituents is 1. The van der Waals surface area contributed by atoms with E-state index in [1.165, 1.54) is 18.2 Å². The number of nitrogens with one attached hydrogen (secondary N) is 1. The van der Waals surface area contributed by atoms with Crippen LogP contribution in [0.5, 0.6) is 0 Å². The normalized spacial score (nSPS) is 10.6. The molecule has 0 radical (unpaired) electrons. The van der Waals surface area contributed by atoms with Crippen molar-refractivity contribution in [1.82, 2.24) is 0 Å². The third-order valence-electron chi connectivity index (χ3n) is 2.71. The Balaban J connectivity index is 2.57. The molecule has 7 heteroatoms. The molecule has 116 valence electrons. The Kier molecular flexibility index (Phi) is 6.61. The summed E-state index contributed by atoms with van der Waals surface area (Å²) in [5, 5.41) is 13.9. The molecule has 0 spiro atoms. The van der Waals surface area contributed by atoms with Crippen molar-refractivity contribution >= 4 is 17.3 Å². The average Bonchev–Trinajstić information content (AvgIpc) is 2.41. The molecule has 0 unspecified atom stereocenters. The van der Waals surface area contributed by atoms with E-state index in [0.29, 0.717) is 37.8 Å². The van der Waals surface area contributed by atoms with E-state index in [4.69, 9.17) is 10.5 Å². The van der Waals surface area contributed by atoms with Crippen LogP contribution in [0.1, 0.15) is 30.6 Å². The van der Waals surface area contributed by atoms with Gasteiger partial charge in [0.2, 0.25) is 5.91 Å². The minimum Gasteiger partial charge on any atom is -0.381 e. The van der Waals surface area contributed by atoms with Gasteiger partial charge in [-0.3, -0.25) is 14.9 Å². The van der Waals surface area contributed by atoms with Gasteiger partial charge < -0.3 is 15.8 Å². The monoisotopic (exact) mass is 295 g/mol. The highest BCUT2D eigenvalue weighted by molar-refractivity contribution is 5.94. The molecule has 0 aliphatic heterocycles. The molecule has 0 heterocycles. The molecule has 3 N–H and O–H groups in total. The van der Waals surface area contributed by atoms with Gasteiger partial charge in [0.05, 0.1) is 4.92 Å². The van der Waals surface area contributed by atoms with Crippen LogP contribution in [0.2, 0.25) is 0 Å². The van der Waals surface area contributed by atoms with Gasteiger partial charge in [0.25, 0.3) is 5.69 Å². The van der Waals surface area contributed by atoms with Crippen molar-refractivity contribution < 1.29 is 14.5 Å². The first-order valence-electron chi connectivity index (χ1n) is 6.81. The summed E-state index contributed by atoms with van der Waals surface area (Å²) >= 11 is 0. The van der Waals surface area contributed by atoms with Gasteiger partial charge in [0, 0.05) is 31.4 Å². The highest BCUT2D eigenvalue weighted by Crippen LogP contribution is 2.25. The number of carbonyl (C=O) groups is 1. The Bertz CT molecular complexity index is 503. The lowest BCUT2D eigenvalue weighted by Crippen LogP contribution is -2.13. The summed E-state index contributed by atoms with van der Waals surface area (Å²) in [5.74, 6) is -0.139. The highest BCUT2D eigenvalue weighted by Gasteiger charge is 2.15. The maximum atomic E-state index is 11.1. The molecular formula is C14H21N3O4. The quantitative estimate of drug-likeness (QED) is 0.412. The standard InChI is InChI=1S/C14H21N3O4/c1-10(2)9-21-7-3-6-16-12-8-11(14(15)18)4-5-13(12)17(19)20/h4-5,8,10,16H,3,6-7,9H2,1-2H3,(H2,15,18). The minimum atomic E-state index is -0.617. The van der Waals surface area contributed by atoms with Gasteiger partial charge in [-0.2, -0.15) is 0 Å². The third-order valence-corrected chi connectivity index (χ3v) is 2.71. The topological polar surface area (TPSA) is 107 Å². The SMILES string of the molecule is CC(C)COCCCNc1cc(C(N)=O)ccc1[N+](=O)[O-]. The minimum absolute atomic E-state index is 0.0805. The highest BCUT2D eigenvalue weighted by atomic mass is 16.6. The number of anilines is 1. The largest absolute Gasteiger partial charge is 0.381 e. The summed E-state index contributed by atoms with van der Waals surface area (Å²) in [7, 11) is 0. The lowest BCUT2D eigenvalue weighted by Gasteiger charge is -2.09. The van der Waals surface area contributed by atoms with E-state index in [0.717, 1.165) is 0 Å². The molecule has 0 aliphatic carbocycles. The summed E-state index contributed by atoms with van der Waals surface area (Å²) in [4.78, 5) is 21.6. The first-order valence-corrected chi connectivity index (χ1v) is 6.81. The lowest BCUT2D eigenvalue weighted by atomic mass is 10.1. The van der Waals surface area contributed by atoms with Gasteiger partial charge in [-0.15, -0.1) is 0 Å². The van der Waals surface area contributed by atoms with Crippen LogP contribution >= 0.6 is 0 Å². The fourth-order valence-electron chi connectivity index (χ4n) is 1.71. The molecule has 0 aliphatic rings. The number of hydrogen-bond acceptors (Lipinski definition) is 5. The zero-order valence-electron chi connectivity index (χ0n) is 12.3. The van der Waals surface area contributed by atoms with Gasteiger partial charge >= 0.3 is 0 Å². The van der Waals surface area contributed by atoms with Gasteiger partial charge in [0.1, 0.15) is 5.69 Å². The van der Waals surface area contributed by atoms with Gasteiger partial charge in [-0.05, 0) is 24.5 Å². The number of nitro groups is 1. The fraction of sp³-hybridized carbons (Fsp3) is 0.500. The van der Waals surface area contributed by atoms with Crippen molar-refractivity contribution in [2.24, 2.45) is 11.7 Å². The number of hydrogen-bond donors (Lipinski definition) is 2. The maximum Gasteiger partial charge on any atom is 0.292 e. The molecule has 0 bridgehead atoms. The second kappa shape index (κ2) is 8.21.